The highest BCUT2D eigenvalue weighted by molar-refractivity contribution is 9.09. The zero-order chi connectivity index (χ0) is 29.0. The molecule has 0 aliphatic heterocycles. The molecule has 0 heterocycles. The highest BCUT2D eigenvalue weighted by Crippen LogP contribution is 2.11. The quantitative estimate of drug-likeness (QED) is 0.0969. The number of rotatable bonds is 18. The molecule has 0 amide bonds. The lowest BCUT2D eigenvalue weighted by atomic mass is 10.2. The Bertz CT molecular complexity index is 493. The molecule has 0 aliphatic rings. The monoisotopic (exact) mass is 596 g/mol. The summed E-state index contributed by atoms with van der Waals surface area (Å²) in [6.07, 6.45) is 14.4. The van der Waals surface area contributed by atoms with Crippen molar-refractivity contribution in [1.29, 1.82) is 0 Å². The summed E-state index contributed by atoms with van der Waals surface area (Å²) >= 11 is 3.31. The molecule has 0 rings (SSSR count). The van der Waals surface area contributed by atoms with Crippen molar-refractivity contribution in [2.24, 2.45) is 0 Å². The first-order valence-corrected chi connectivity index (χ1v) is 15.6. The average molecular weight is 598 g/mol. The smallest absolute Gasteiger partial charge is 0.306 e. The molecule has 1 N–H and O–H groups in total. The number of carbonyl (C=O) groups is 2. The average Bonchev–Trinajstić information content (AvgIpc) is 2.77. The number of halogens is 1. The Morgan fingerprint density at radius 1 is 0.622 bits per heavy atom. The fourth-order valence-corrected chi connectivity index (χ4v) is 3.29. The number of esters is 2. The molecule has 37 heavy (non-hydrogen) atoms. The van der Waals surface area contributed by atoms with Crippen LogP contribution in [0.1, 0.15) is 145 Å². The molecule has 0 atom stereocenters. The van der Waals surface area contributed by atoms with E-state index in [0.717, 1.165) is 57.1 Å². The molecule has 0 saturated carbocycles. The summed E-state index contributed by atoms with van der Waals surface area (Å²) in [6, 6.07) is 0. The van der Waals surface area contributed by atoms with Gasteiger partial charge in [-0.2, -0.15) is 0 Å². The first-order valence-electron chi connectivity index (χ1n) is 14.5. The molecule has 0 aliphatic carbocycles. The summed E-state index contributed by atoms with van der Waals surface area (Å²) in [7, 11) is 0. The molecule has 0 saturated heterocycles. The second kappa shape index (κ2) is 28.4. The van der Waals surface area contributed by atoms with E-state index in [1.54, 1.807) is 0 Å². The van der Waals surface area contributed by atoms with Crippen LogP contribution in [0, 0.1) is 0 Å². The second-order valence-corrected chi connectivity index (χ2v) is 12.0. The van der Waals surface area contributed by atoms with Gasteiger partial charge in [0, 0.05) is 38.0 Å². The van der Waals surface area contributed by atoms with Crippen LogP contribution in [0.2, 0.25) is 0 Å². The van der Waals surface area contributed by atoms with Crippen molar-refractivity contribution in [2.45, 2.75) is 156 Å². The van der Waals surface area contributed by atoms with E-state index in [0.29, 0.717) is 19.4 Å². The Hall–Kier alpha value is -0.660. The maximum absolute atomic E-state index is 11.4. The van der Waals surface area contributed by atoms with Crippen molar-refractivity contribution < 1.29 is 28.9 Å². The van der Waals surface area contributed by atoms with Gasteiger partial charge in [0.2, 0.25) is 0 Å². The van der Waals surface area contributed by atoms with Crippen LogP contribution in [0.3, 0.4) is 0 Å². The van der Waals surface area contributed by atoms with E-state index in [1.807, 2.05) is 41.5 Å². The Balaban J connectivity index is -0.000000522. The molecule has 0 bridgehead atoms. The van der Waals surface area contributed by atoms with Gasteiger partial charge in [0.15, 0.2) is 0 Å². The molecule has 0 aromatic rings. The number of hydrogen-bond acceptors (Lipinski definition) is 6. The van der Waals surface area contributed by atoms with Crippen molar-refractivity contribution in [1.82, 2.24) is 0 Å². The number of ether oxygens (including phenoxy) is 3. The van der Waals surface area contributed by atoms with E-state index < -0.39 is 0 Å². The molecular weight excluding hydrogens is 536 g/mol. The van der Waals surface area contributed by atoms with Gasteiger partial charge in [-0.1, -0.05) is 68.3 Å². The summed E-state index contributed by atoms with van der Waals surface area (Å²) in [6.45, 7) is 17.7. The minimum absolute atomic E-state index is 0.0940. The van der Waals surface area contributed by atoms with E-state index in [-0.39, 0.29) is 23.1 Å². The minimum Gasteiger partial charge on any atom is -0.460 e. The lowest BCUT2D eigenvalue weighted by molar-refractivity contribution is -0.156. The molecule has 0 aromatic heterocycles. The Kier molecular flexibility index (Phi) is 31.3. The van der Waals surface area contributed by atoms with Crippen LogP contribution in [0.4, 0.5) is 0 Å². The molecule has 0 aromatic carbocycles. The van der Waals surface area contributed by atoms with Crippen LogP contribution in [0.25, 0.3) is 0 Å². The predicted molar refractivity (Wildman–Crippen MR) is 159 cm³/mol. The van der Waals surface area contributed by atoms with E-state index in [1.165, 1.54) is 38.5 Å². The summed E-state index contributed by atoms with van der Waals surface area (Å²) in [5, 5.41) is 9.25. The first-order chi connectivity index (χ1) is 17.3. The van der Waals surface area contributed by atoms with Gasteiger partial charge < -0.3 is 19.3 Å². The van der Waals surface area contributed by atoms with E-state index >= 15 is 0 Å². The topological polar surface area (TPSA) is 82.1 Å². The molecule has 0 spiro atoms. The maximum atomic E-state index is 11.4. The fourth-order valence-electron chi connectivity index (χ4n) is 2.89. The van der Waals surface area contributed by atoms with Gasteiger partial charge in [0.25, 0.3) is 0 Å². The van der Waals surface area contributed by atoms with Crippen LogP contribution in [0.5, 0.6) is 0 Å². The third kappa shape index (κ3) is 45.6. The lowest BCUT2D eigenvalue weighted by Crippen LogP contribution is -2.23. The van der Waals surface area contributed by atoms with E-state index in [9.17, 15) is 9.59 Å². The lowest BCUT2D eigenvalue weighted by Gasteiger charge is -2.19. The van der Waals surface area contributed by atoms with Crippen LogP contribution in [-0.4, -0.2) is 53.4 Å². The molecular formula is C30H61BrO6. The van der Waals surface area contributed by atoms with Crippen molar-refractivity contribution >= 4 is 27.9 Å². The van der Waals surface area contributed by atoms with Gasteiger partial charge in [0.1, 0.15) is 11.2 Å². The highest BCUT2D eigenvalue weighted by atomic mass is 79.9. The number of hydrogen-bond donors (Lipinski definition) is 1. The molecule has 0 unspecified atom stereocenters. The van der Waals surface area contributed by atoms with E-state index in [2.05, 4.69) is 29.8 Å². The van der Waals surface area contributed by atoms with Gasteiger partial charge in [-0.25, -0.2) is 0 Å². The van der Waals surface area contributed by atoms with Gasteiger partial charge >= 0.3 is 11.9 Å². The van der Waals surface area contributed by atoms with Crippen LogP contribution in [0.15, 0.2) is 0 Å². The summed E-state index contributed by atoms with van der Waals surface area (Å²) < 4.78 is 15.9. The SMILES string of the molecule is CC(C)(C)OC(=O)CCCCBr.CCCCCCO.CCCCCCOCCCCC(=O)OC(C)(C)C. The normalized spacial score (nSPS) is 11.1. The summed E-state index contributed by atoms with van der Waals surface area (Å²) in [5.41, 5.74) is -0.710. The standard InChI is InChI=1S/C15H30O3.C9H17BrO2.C6H14O/c1-5-6-7-9-12-17-13-10-8-11-14(16)18-15(2,3)4;1-9(2,3)12-8(11)6-4-5-7-10;1-2-3-4-5-6-7/h5-13H2,1-4H3;4-7H2,1-3H3;7H,2-6H2,1H3. The summed E-state index contributed by atoms with van der Waals surface area (Å²) in [4.78, 5) is 22.5. The van der Waals surface area contributed by atoms with Crippen LogP contribution >= 0.6 is 15.9 Å². The maximum Gasteiger partial charge on any atom is 0.306 e. The van der Waals surface area contributed by atoms with Crippen molar-refractivity contribution in [2.75, 3.05) is 25.2 Å². The molecule has 7 heteroatoms. The number of carbonyl (C=O) groups excluding carboxylic acids is 2. The zero-order valence-electron chi connectivity index (χ0n) is 25.6. The Labute approximate surface area is 238 Å². The largest absolute Gasteiger partial charge is 0.460 e. The van der Waals surface area contributed by atoms with Gasteiger partial charge in [0.05, 0.1) is 0 Å². The molecule has 224 valence electrons. The predicted octanol–water partition coefficient (Wildman–Crippen LogP) is 8.55. The zero-order valence-corrected chi connectivity index (χ0v) is 27.2. The molecule has 6 nitrogen and oxygen atoms in total. The first kappa shape index (κ1) is 40.8. The van der Waals surface area contributed by atoms with Crippen LogP contribution in [-0.2, 0) is 23.8 Å². The van der Waals surface area contributed by atoms with Crippen molar-refractivity contribution in [3.8, 4) is 0 Å². The molecule has 0 fully saturated rings. The third-order valence-corrected chi connectivity index (χ3v) is 5.24. The van der Waals surface area contributed by atoms with Crippen molar-refractivity contribution in [3.05, 3.63) is 0 Å². The number of aliphatic hydroxyl groups excluding tert-OH is 1. The highest BCUT2D eigenvalue weighted by Gasteiger charge is 2.16. The third-order valence-electron chi connectivity index (χ3n) is 4.68. The van der Waals surface area contributed by atoms with Gasteiger partial charge in [-0.05, 0) is 80.1 Å². The number of unbranched alkanes of at least 4 members (excludes halogenated alkanes) is 8. The number of aliphatic hydroxyl groups is 1. The van der Waals surface area contributed by atoms with E-state index in [4.69, 9.17) is 19.3 Å². The Morgan fingerprint density at radius 2 is 1.03 bits per heavy atom. The fraction of sp³-hybridized carbons (Fsp3) is 0.933. The van der Waals surface area contributed by atoms with Gasteiger partial charge in [-0.15, -0.1) is 0 Å². The summed E-state index contributed by atoms with van der Waals surface area (Å²) in [5.74, 6) is -0.200. The minimum atomic E-state index is -0.368. The van der Waals surface area contributed by atoms with Crippen molar-refractivity contribution in [3.63, 3.8) is 0 Å². The van der Waals surface area contributed by atoms with Gasteiger partial charge in [-0.3, -0.25) is 9.59 Å². The molecule has 0 radical (unpaired) electrons. The van der Waals surface area contributed by atoms with Crippen LogP contribution < -0.4 is 0 Å². The Morgan fingerprint density at radius 3 is 1.41 bits per heavy atom. The second-order valence-electron chi connectivity index (χ2n) is 11.2. The number of alkyl halides is 1.